The van der Waals surface area contributed by atoms with Gasteiger partial charge in [0.25, 0.3) is 0 Å². The van der Waals surface area contributed by atoms with Crippen LogP contribution in [-0.2, 0) is 4.74 Å². The van der Waals surface area contributed by atoms with Crippen molar-refractivity contribution in [3.8, 4) is 11.5 Å². The monoisotopic (exact) mass is 352 g/mol. The molecule has 1 aromatic heterocycles. The summed E-state index contributed by atoms with van der Waals surface area (Å²) in [7, 11) is 3.05. The molecule has 24 heavy (non-hydrogen) atoms. The zero-order valence-electron chi connectivity index (χ0n) is 13.4. The number of carbonyl (C=O) groups is 1. The van der Waals surface area contributed by atoms with Crippen molar-refractivity contribution in [2.45, 2.75) is 6.92 Å². The van der Waals surface area contributed by atoms with Crippen molar-refractivity contribution >= 4 is 35.0 Å². The molecule has 0 atom stereocenters. The summed E-state index contributed by atoms with van der Waals surface area (Å²) in [5.41, 5.74) is 0.610. The number of rotatable bonds is 6. The van der Waals surface area contributed by atoms with Gasteiger partial charge in [-0.2, -0.15) is 0 Å². The molecule has 0 spiro atoms. The Bertz CT molecular complexity index is 709. The minimum Gasteiger partial charge on any atom is -0.495 e. The van der Waals surface area contributed by atoms with Gasteiger partial charge in [-0.3, -0.25) is 5.32 Å². The maximum absolute atomic E-state index is 11.3. The zero-order valence-corrected chi connectivity index (χ0v) is 14.2. The molecule has 1 heterocycles. The third-order valence-electron chi connectivity index (χ3n) is 2.91. The van der Waals surface area contributed by atoms with Crippen molar-refractivity contribution < 1.29 is 19.0 Å². The summed E-state index contributed by atoms with van der Waals surface area (Å²) in [5, 5.41) is 13.8. The molecule has 2 aromatic rings. The number of methoxy groups -OCH3 is 2. The van der Waals surface area contributed by atoms with Gasteiger partial charge in [-0.05, 0) is 19.1 Å². The molecule has 0 bridgehead atoms. The number of ether oxygens (including phenoxy) is 3. The van der Waals surface area contributed by atoms with E-state index < -0.39 is 6.09 Å². The van der Waals surface area contributed by atoms with Gasteiger partial charge >= 0.3 is 6.09 Å². The van der Waals surface area contributed by atoms with Gasteiger partial charge < -0.3 is 19.5 Å². The normalized spacial score (nSPS) is 10.0. The third-order valence-corrected chi connectivity index (χ3v) is 3.20. The maximum atomic E-state index is 11.3. The van der Waals surface area contributed by atoms with E-state index in [1.807, 2.05) is 0 Å². The first-order valence-corrected chi connectivity index (χ1v) is 7.41. The van der Waals surface area contributed by atoms with Crippen LogP contribution in [0.5, 0.6) is 11.5 Å². The molecule has 0 saturated heterocycles. The van der Waals surface area contributed by atoms with E-state index in [4.69, 9.17) is 25.8 Å². The summed E-state index contributed by atoms with van der Waals surface area (Å²) < 4.78 is 15.2. The topological polar surface area (TPSA) is 94.6 Å². The van der Waals surface area contributed by atoms with Crippen molar-refractivity contribution in [2.75, 3.05) is 31.5 Å². The second-order valence-corrected chi connectivity index (χ2v) is 4.87. The molecule has 0 fully saturated rings. The van der Waals surface area contributed by atoms with Crippen LogP contribution in [0.25, 0.3) is 0 Å². The number of amides is 1. The van der Waals surface area contributed by atoms with Gasteiger partial charge in [0.2, 0.25) is 0 Å². The maximum Gasteiger partial charge on any atom is 0.412 e. The number of anilines is 3. The van der Waals surface area contributed by atoms with Crippen LogP contribution in [0.4, 0.5) is 22.1 Å². The molecule has 1 aromatic carbocycles. The lowest BCUT2D eigenvalue weighted by atomic mass is 10.2. The van der Waals surface area contributed by atoms with E-state index >= 15 is 0 Å². The average Bonchev–Trinajstić information content (AvgIpc) is 2.58. The van der Waals surface area contributed by atoms with E-state index in [0.29, 0.717) is 28.0 Å². The fraction of sp³-hybridized carbons (Fsp3) is 0.267. The number of carbonyl (C=O) groups excluding carboxylic acids is 1. The predicted octanol–water partition coefficient (Wildman–Crippen LogP) is 3.46. The number of halogens is 1. The van der Waals surface area contributed by atoms with Gasteiger partial charge in [0.1, 0.15) is 11.5 Å². The van der Waals surface area contributed by atoms with E-state index in [0.717, 1.165) is 0 Å². The summed E-state index contributed by atoms with van der Waals surface area (Å²) in [6, 6.07) is 6.56. The van der Waals surface area contributed by atoms with Crippen LogP contribution in [0.3, 0.4) is 0 Å². The van der Waals surface area contributed by atoms with Gasteiger partial charge in [0, 0.05) is 12.1 Å². The van der Waals surface area contributed by atoms with E-state index in [9.17, 15) is 4.79 Å². The lowest BCUT2D eigenvalue weighted by molar-refractivity contribution is 0.168. The van der Waals surface area contributed by atoms with E-state index in [1.165, 1.54) is 14.2 Å². The van der Waals surface area contributed by atoms with Crippen LogP contribution >= 0.6 is 11.6 Å². The quantitative estimate of drug-likeness (QED) is 0.822. The Balaban J connectivity index is 2.15. The molecule has 8 nitrogen and oxygen atoms in total. The average molecular weight is 353 g/mol. The highest BCUT2D eigenvalue weighted by atomic mass is 35.5. The fourth-order valence-corrected chi connectivity index (χ4v) is 2.06. The molecule has 0 aliphatic carbocycles. The standard InChI is InChI=1S/C15H17ClN4O4/c1-4-24-15(21)18-14-6-5-13(19-20-14)17-10-8-11(22-2)9(16)7-12(10)23-3/h5-8H,4H2,1-3H3,(H,17,19)(H,18,20,21). The highest BCUT2D eigenvalue weighted by molar-refractivity contribution is 6.32. The number of aromatic nitrogens is 2. The van der Waals surface area contributed by atoms with E-state index in [-0.39, 0.29) is 12.4 Å². The highest BCUT2D eigenvalue weighted by Crippen LogP contribution is 2.36. The number of hydrogen-bond donors (Lipinski definition) is 2. The molecule has 0 aliphatic heterocycles. The minimum atomic E-state index is -0.586. The molecule has 0 unspecified atom stereocenters. The Morgan fingerprint density at radius 3 is 2.38 bits per heavy atom. The molecule has 2 N–H and O–H groups in total. The number of nitrogens with zero attached hydrogens (tertiary/aromatic N) is 2. The second-order valence-electron chi connectivity index (χ2n) is 4.46. The molecule has 128 valence electrons. The fourth-order valence-electron chi connectivity index (χ4n) is 1.83. The Morgan fingerprint density at radius 2 is 1.79 bits per heavy atom. The van der Waals surface area contributed by atoms with E-state index in [1.54, 1.807) is 31.2 Å². The van der Waals surface area contributed by atoms with Crippen LogP contribution in [0, 0.1) is 0 Å². The largest absolute Gasteiger partial charge is 0.495 e. The summed E-state index contributed by atoms with van der Waals surface area (Å²) in [4.78, 5) is 11.3. The molecular weight excluding hydrogens is 336 g/mol. The Labute approximate surface area is 144 Å². The highest BCUT2D eigenvalue weighted by Gasteiger charge is 2.11. The SMILES string of the molecule is CCOC(=O)Nc1ccc(Nc2cc(OC)c(Cl)cc2OC)nn1. The number of nitrogens with one attached hydrogen (secondary N) is 2. The number of hydrogen-bond acceptors (Lipinski definition) is 7. The van der Waals surface area contributed by atoms with Gasteiger partial charge in [0.15, 0.2) is 11.6 Å². The van der Waals surface area contributed by atoms with E-state index in [2.05, 4.69) is 20.8 Å². The molecule has 9 heteroatoms. The first-order valence-electron chi connectivity index (χ1n) is 7.03. The van der Waals surface area contributed by atoms with Crippen molar-refractivity contribution in [3.05, 3.63) is 29.3 Å². The lowest BCUT2D eigenvalue weighted by Crippen LogP contribution is -2.14. The first-order chi connectivity index (χ1) is 11.6. The summed E-state index contributed by atoms with van der Waals surface area (Å²) in [6.07, 6.45) is -0.586. The van der Waals surface area contributed by atoms with Crippen molar-refractivity contribution in [2.24, 2.45) is 0 Å². The van der Waals surface area contributed by atoms with Gasteiger partial charge in [0.05, 0.1) is 31.5 Å². The number of benzene rings is 1. The van der Waals surface area contributed by atoms with Crippen molar-refractivity contribution in [3.63, 3.8) is 0 Å². The second kappa shape index (κ2) is 8.21. The Hall–Kier alpha value is -2.74. The van der Waals surface area contributed by atoms with Crippen LogP contribution in [0.2, 0.25) is 5.02 Å². The molecule has 0 radical (unpaired) electrons. The van der Waals surface area contributed by atoms with Gasteiger partial charge in [-0.1, -0.05) is 11.6 Å². The van der Waals surface area contributed by atoms with Crippen molar-refractivity contribution in [1.29, 1.82) is 0 Å². The molecular formula is C15H17ClN4O4. The smallest absolute Gasteiger partial charge is 0.412 e. The summed E-state index contributed by atoms with van der Waals surface area (Å²) in [5.74, 6) is 1.75. The Morgan fingerprint density at radius 1 is 1.12 bits per heavy atom. The minimum absolute atomic E-state index is 0.275. The first kappa shape index (κ1) is 17.6. The zero-order chi connectivity index (χ0) is 17.5. The summed E-state index contributed by atoms with van der Waals surface area (Å²) >= 11 is 6.07. The molecule has 1 amide bonds. The van der Waals surface area contributed by atoms with Crippen LogP contribution in [0.15, 0.2) is 24.3 Å². The Kier molecular flexibility index (Phi) is 6.02. The van der Waals surface area contributed by atoms with Crippen LogP contribution in [-0.4, -0.2) is 37.1 Å². The van der Waals surface area contributed by atoms with Crippen molar-refractivity contribution in [1.82, 2.24) is 10.2 Å². The third kappa shape index (κ3) is 4.39. The molecule has 2 rings (SSSR count). The lowest BCUT2D eigenvalue weighted by Gasteiger charge is -2.13. The molecule has 0 saturated carbocycles. The van der Waals surface area contributed by atoms with Crippen LogP contribution in [0.1, 0.15) is 6.92 Å². The summed E-state index contributed by atoms with van der Waals surface area (Å²) in [6.45, 7) is 1.99. The van der Waals surface area contributed by atoms with Crippen LogP contribution < -0.4 is 20.1 Å². The van der Waals surface area contributed by atoms with Gasteiger partial charge in [-0.25, -0.2) is 4.79 Å². The predicted molar refractivity (Wildman–Crippen MR) is 90.5 cm³/mol. The molecule has 0 aliphatic rings. The van der Waals surface area contributed by atoms with Gasteiger partial charge in [-0.15, -0.1) is 10.2 Å².